The van der Waals surface area contributed by atoms with Crippen LogP contribution in [0.15, 0.2) is 0 Å². The lowest BCUT2D eigenvalue weighted by molar-refractivity contribution is -0.221. The number of ether oxygens (including phenoxy) is 2. The highest BCUT2D eigenvalue weighted by Crippen LogP contribution is 2.77. The lowest BCUT2D eigenvalue weighted by Gasteiger charge is -2.62. The van der Waals surface area contributed by atoms with Crippen LogP contribution in [0.4, 0.5) is 0 Å². The molecule has 1 N–H and O–H groups in total. The van der Waals surface area contributed by atoms with Crippen LogP contribution in [0.3, 0.4) is 0 Å². The second-order valence-corrected chi connectivity index (χ2v) is 11.2. The van der Waals surface area contributed by atoms with Crippen LogP contribution < -0.4 is 0 Å². The Labute approximate surface area is 172 Å². The Morgan fingerprint density at radius 1 is 1.24 bits per heavy atom. The molecule has 29 heavy (non-hydrogen) atoms. The number of ketones is 1. The topological polar surface area (TPSA) is 72.8 Å². The van der Waals surface area contributed by atoms with E-state index in [1.807, 2.05) is 6.92 Å². The lowest BCUT2D eigenvalue weighted by Crippen LogP contribution is -2.65. The van der Waals surface area contributed by atoms with E-state index in [0.29, 0.717) is 61.6 Å². The van der Waals surface area contributed by atoms with Crippen LogP contribution in [-0.2, 0) is 19.1 Å². The molecule has 5 saturated carbocycles. The molecule has 1 aliphatic heterocycles. The molecule has 6 aliphatic rings. The van der Waals surface area contributed by atoms with Gasteiger partial charge in [0.25, 0.3) is 0 Å². The standard InChI is InChI=1S/C24H34O5/c1-3-28-19(26)6-9-23-8-5-16-20(21(23)15-11-18(15)29-23)14-10-17(14)24(27)12-13(25)4-7-22(16,24)2/h14-18,20-21,27H,3-12H2,1-2H3. The summed E-state index contributed by atoms with van der Waals surface area (Å²) in [6.45, 7) is 4.58. The summed E-state index contributed by atoms with van der Waals surface area (Å²) in [6, 6.07) is 0. The second kappa shape index (κ2) is 5.85. The summed E-state index contributed by atoms with van der Waals surface area (Å²) in [5.74, 6) is 3.21. The molecular formula is C24H34O5. The van der Waals surface area contributed by atoms with Crippen molar-refractivity contribution in [3.05, 3.63) is 0 Å². The number of carbonyl (C=O) groups excluding carboxylic acids is 2. The normalized spacial score (nSPS) is 56.4. The van der Waals surface area contributed by atoms with E-state index >= 15 is 0 Å². The Kier molecular flexibility index (Phi) is 3.79. The van der Waals surface area contributed by atoms with Gasteiger partial charge >= 0.3 is 5.97 Å². The van der Waals surface area contributed by atoms with E-state index in [9.17, 15) is 14.7 Å². The fraction of sp³-hybridized carbons (Fsp3) is 0.917. The molecular weight excluding hydrogens is 368 g/mol. The van der Waals surface area contributed by atoms with Crippen LogP contribution in [0.25, 0.3) is 0 Å². The van der Waals surface area contributed by atoms with E-state index in [1.54, 1.807) is 0 Å². The Balaban J connectivity index is 1.32. The number of rotatable bonds is 4. The zero-order valence-electron chi connectivity index (χ0n) is 17.7. The van der Waals surface area contributed by atoms with E-state index in [4.69, 9.17) is 9.47 Å². The van der Waals surface area contributed by atoms with Crippen LogP contribution in [0, 0.1) is 40.9 Å². The van der Waals surface area contributed by atoms with Crippen molar-refractivity contribution < 1.29 is 24.2 Å². The van der Waals surface area contributed by atoms with Gasteiger partial charge in [0.1, 0.15) is 5.78 Å². The average Bonchev–Trinajstić information content (AvgIpc) is 3.59. The first-order valence-electron chi connectivity index (χ1n) is 11.9. The molecule has 0 amide bonds. The molecule has 0 radical (unpaired) electrons. The van der Waals surface area contributed by atoms with Gasteiger partial charge in [0.05, 0.1) is 23.9 Å². The van der Waals surface area contributed by atoms with Crippen molar-refractivity contribution in [1.29, 1.82) is 0 Å². The Morgan fingerprint density at radius 2 is 2.07 bits per heavy atom. The van der Waals surface area contributed by atoms with E-state index in [1.165, 1.54) is 6.42 Å². The zero-order chi connectivity index (χ0) is 20.2. The summed E-state index contributed by atoms with van der Waals surface area (Å²) in [6.07, 6.45) is 7.74. The van der Waals surface area contributed by atoms with Gasteiger partial charge in [-0.2, -0.15) is 0 Å². The molecule has 0 spiro atoms. The molecule has 5 nitrogen and oxygen atoms in total. The highest BCUT2D eigenvalue weighted by Gasteiger charge is 2.77. The van der Waals surface area contributed by atoms with Crippen molar-refractivity contribution in [2.75, 3.05) is 6.61 Å². The fourth-order valence-electron chi connectivity index (χ4n) is 8.84. The summed E-state index contributed by atoms with van der Waals surface area (Å²) >= 11 is 0. The zero-order valence-corrected chi connectivity index (χ0v) is 17.7. The number of hydrogen-bond acceptors (Lipinski definition) is 5. The Bertz CT molecular complexity index is 764. The Morgan fingerprint density at radius 3 is 2.86 bits per heavy atom. The maximum absolute atomic E-state index is 12.3. The number of esters is 1. The largest absolute Gasteiger partial charge is 0.466 e. The first kappa shape index (κ1) is 18.8. The van der Waals surface area contributed by atoms with Crippen molar-refractivity contribution in [2.24, 2.45) is 40.9 Å². The van der Waals surface area contributed by atoms with Crippen LogP contribution in [-0.4, -0.2) is 40.8 Å². The minimum absolute atomic E-state index is 0.105. The quantitative estimate of drug-likeness (QED) is 0.731. The number of fused-ring (bicyclic) bond motifs is 10. The maximum Gasteiger partial charge on any atom is 0.305 e. The first-order valence-corrected chi connectivity index (χ1v) is 11.9. The minimum Gasteiger partial charge on any atom is -0.466 e. The first-order chi connectivity index (χ1) is 13.8. The summed E-state index contributed by atoms with van der Waals surface area (Å²) in [5, 5.41) is 11.8. The highest BCUT2D eigenvalue weighted by molar-refractivity contribution is 5.81. The monoisotopic (exact) mass is 402 g/mol. The maximum atomic E-state index is 12.3. The minimum atomic E-state index is -0.790. The molecule has 0 aromatic carbocycles. The predicted molar refractivity (Wildman–Crippen MR) is 105 cm³/mol. The third-order valence-corrected chi connectivity index (χ3v) is 10.2. The summed E-state index contributed by atoms with van der Waals surface area (Å²) in [4.78, 5) is 24.3. The predicted octanol–water partition coefficient (Wildman–Crippen LogP) is 3.27. The molecule has 160 valence electrons. The molecule has 6 fully saturated rings. The molecule has 10 atom stereocenters. The van der Waals surface area contributed by atoms with Gasteiger partial charge in [0.2, 0.25) is 0 Å². The van der Waals surface area contributed by atoms with Crippen LogP contribution in [0.1, 0.15) is 71.6 Å². The van der Waals surface area contributed by atoms with Gasteiger partial charge in [-0.1, -0.05) is 6.92 Å². The molecule has 0 bridgehead atoms. The van der Waals surface area contributed by atoms with Crippen molar-refractivity contribution in [3.63, 3.8) is 0 Å². The second-order valence-electron chi connectivity index (χ2n) is 11.2. The Hall–Kier alpha value is -0.940. The van der Waals surface area contributed by atoms with Gasteiger partial charge in [0.15, 0.2) is 0 Å². The van der Waals surface area contributed by atoms with E-state index in [-0.39, 0.29) is 28.7 Å². The number of hydrogen-bond donors (Lipinski definition) is 1. The molecule has 1 saturated heterocycles. The van der Waals surface area contributed by atoms with Crippen molar-refractivity contribution in [2.45, 2.75) is 88.9 Å². The molecule has 6 rings (SSSR count). The average molecular weight is 403 g/mol. The van der Waals surface area contributed by atoms with Crippen molar-refractivity contribution >= 4 is 11.8 Å². The van der Waals surface area contributed by atoms with Gasteiger partial charge < -0.3 is 14.6 Å². The third-order valence-electron chi connectivity index (χ3n) is 10.2. The lowest BCUT2D eigenvalue weighted by atomic mass is 9.44. The fourth-order valence-corrected chi connectivity index (χ4v) is 8.84. The summed E-state index contributed by atoms with van der Waals surface area (Å²) in [5.41, 5.74) is -1.10. The van der Waals surface area contributed by atoms with Crippen LogP contribution >= 0.6 is 0 Å². The van der Waals surface area contributed by atoms with Crippen molar-refractivity contribution in [1.82, 2.24) is 0 Å². The van der Waals surface area contributed by atoms with Crippen molar-refractivity contribution in [3.8, 4) is 0 Å². The summed E-state index contributed by atoms with van der Waals surface area (Å²) < 4.78 is 11.9. The van der Waals surface area contributed by atoms with Gasteiger partial charge in [-0.15, -0.1) is 0 Å². The highest BCUT2D eigenvalue weighted by atomic mass is 16.5. The molecule has 0 aromatic heterocycles. The molecule has 5 aliphatic carbocycles. The van der Waals surface area contributed by atoms with E-state index in [2.05, 4.69) is 6.92 Å². The third kappa shape index (κ3) is 2.35. The number of aliphatic hydroxyl groups is 1. The van der Waals surface area contributed by atoms with Gasteiger partial charge in [0, 0.05) is 24.7 Å². The summed E-state index contributed by atoms with van der Waals surface area (Å²) in [7, 11) is 0. The van der Waals surface area contributed by atoms with E-state index < -0.39 is 5.60 Å². The number of Topliss-reactive ketones (excluding diaryl/α,β-unsaturated/α-hetero) is 1. The molecule has 5 heteroatoms. The molecule has 0 aromatic rings. The SMILES string of the molecule is CCOC(=O)CCC12CCC3C(C4CC4C4(O)CC(=O)CCC34C)C1C1CC1O2. The van der Waals surface area contributed by atoms with Gasteiger partial charge in [-0.05, 0) is 81.0 Å². The number of carbonyl (C=O) groups is 2. The van der Waals surface area contributed by atoms with Gasteiger partial charge in [-0.3, -0.25) is 9.59 Å². The van der Waals surface area contributed by atoms with E-state index in [0.717, 1.165) is 32.1 Å². The molecule has 1 heterocycles. The van der Waals surface area contributed by atoms with Crippen LogP contribution in [0.5, 0.6) is 0 Å². The molecule has 10 unspecified atom stereocenters. The smallest absolute Gasteiger partial charge is 0.305 e. The van der Waals surface area contributed by atoms with Gasteiger partial charge in [-0.25, -0.2) is 0 Å². The van der Waals surface area contributed by atoms with Crippen LogP contribution in [0.2, 0.25) is 0 Å².